The molecule has 0 saturated carbocycles. The zero-order valence-corrected chi connectivity index (χ0v) is 10.9. The van der Waals surface area contributed by atoms with Crippen LogP contribution >= 0.6 is 11.8 Å². The van der Waals surface area contributed by atoms with Crippen molar-refractivity contribution in [1.29, 1.82) is 0 Å². The van der Waals surface area contributed by atoms with E-state index in [4.69, 9.17) is 0 Å². The van der Waals surface area contributed by atoms with Gasteiger partial charge < -0.3 is 5.32 Å². The fourth-order valence-corrected chi connectivity index (χ4v) is 2.42. The normalized spacial score (nSPS) is 12.8. The molecule has 0 amide bonds. The molecule has 1 rings (SSSR count). The van der Waals surface area contributed by atoms with E-state index in [1.54, 1.807) is 0 Å². The smallest absolute Gasteiger partial charge is 0.0133 e. The lowest BCUT2D eigenvalue weighted by Gasteiger charge is -2.12. The van der Waals surface area contributed by atoms with E-state index in [0.29, 0.717) is 6.04 Å². The molecule has 0 aromatic heterocycles. The van der Waals surface area contributed by atoms with Gasteiger partial charge in [-0.1, -0.05) is 13.0 Å². The summed E-state index contributed by atoms with van der Waals surface area (Å²) in [6.07, 6.45) is 0. The Balaban J connectivity index is 2.47. The monoisotopic (exact) mass is 223 g/mol. The first-order chi connectivity index (χ1) is 7.13. The second-order valence-corrected chi connectivity index (χ2v) is 5.11. The van der Waals surface area contributed by atoms with Crippen molar-refractivity contribution in [2.24, 2.45) is 0 Å². The average Bonchev–Trinajstić information content (AvgIpc) is 2.20. The summed E-state index contributed by atoms with van der Waals surface area (Å²) in [6, 6.07) is 7.28. The van der Waals surface area contributed by atoms with Crippen molar-refractivity contribution in [3.05, 3.63) is 29.3 Å². The van der Waals surface area contributed by atoms with Gasteiger partial charge in [-0.15, -0.1) is 11.8 Å². The minimum absolute atomic E-state index is 0.585. The molecule has 15 heavy (non-hydrogen) atoms. The maximum absolute atomic E-state index is 3.42. The molecule has 1 aromatic rings. The topological polar surface area (TPSA) is 12.0 Å². The lowest BCUT2D eigenvalue weighted by molar-refractivity contribution is 0.620. The van der Waals surface area contributed by atoms with Crippen LogP contribution in [0.15, 0.2) is 23.1 Å². The minimum Gasteiger partial charge on any atom is -0.314 e. The fraction of sp³-hybridized carbons (Fsp3) is 0.538. The Morgan fingerprint density at radius 3 is 2.60 bits per heavy atom. The standard InChI is InChI=1S/C13H21NS/c1-5-14-12(4)9-15-13-7-6-10(2)11(3)8-13/h6-8,12,14H,5,9H2,1-4H3. The highest BCUT2D eigenvalue weighted by atomic mass is 32.2. The summed E-state index contributed by atoms with van der Waals surface area (Å²) in [5.41, 5.74) is 2.76. The van der Waals surface area contributed by atoms with E-state index in [1.165, 1.54) is 16.0 Å². The van der Waals surface area contributed by atoms with Crippen LogP contribution in [0.5, 0.6) is 0 Å². The largest absolute Gasteiger partial charge is 0.314 e. The first-order valence-electron chi connectivity index (χ1n) is 5.57. The fourth-order valence-electron chi connectivity index (χ4n) is 1.43. The van der Waals surface area contributed by atoms with Crippen LogP contribution in [-0.2, 0) is 0 Å². The van der Waals surface area contributed by atoms with Crippen LogP contribution in [0.1, 0.15) is 25.0 Å². The van der Waals surface area contributed by atoms with Crippen LogP contribution in [0.4, 0.5) is 0 Å². The first-order valence-corrected chi connectivity index (χ1v) is 6.55. The molecule has 1 nitrogen and oxygen atoms in total. The molecule has 0 radical (unpaired) electrons. The molecule has 0 saturated heterocycles. The number of rotatable bonds is 5. The third kappa shape index (κ3) is 4.27. The van der Waals surface area contributed by atoms with E-state index < -0.39 is 0 Å². The van der Waals surface area contributed by atoms with Gasteiger partial charge in [0.05, 0.1) is 0 Å². The number of benzene rings is 1. The molecule has 0 fully saturated rings. The number of nitrogens with one attached hydrogen (secondary N) is 1. The molecule has 0 aliphatic rings. The van der Waals surface area contributed by atoms with Gasteiger partial charge in [-0.3, -0.25) is 0 Å². The minimum atomic E-state index is 0.585. The van der Waals surface area contributed by atoms with E-state index in [1.807, 2.05) is 11.8 Å². The molecule has 0 aliphatic carbocycles. The molecule has 1 unspecified atom stereocenters. The van der Waals surface area contributed by atoms with E-state index in [9.17, 15) is 0 Å². The summed E-state index contributed by atoms with van der Waals surface area (Å²) in [6.45, 7) is 9.77. The van der Waals surface area contributed by atoms with E-state index in [0.717, 1.165) is 12.3 Å². The Hall–Kier alpha value is -0.470. The molecule has 1 atom stereocenters. The van der Waals surface area contributed by atoms with Gasteiger partial charge in [-0.25, -0.2) is 0 Å². The zero-order chi connectivity index (χ0) is 11.3. The second-order valence-electron chi connectivity index (χ2n) is 4.02. The van der Waals surface area contributed by atoms with Gasteiger partial charge in [0.25, 0.3) is 0 Å². The van der Waals surface area contributed by atoms with Crippen molar-refractivity contribution in [2.75, 3.05) is 12.3 Å². The molecular weight excluding hydrogens is 202 g/mol. The molecule has 1 N–H and O–H groups in total. The predicted octanol–water partition coefficient (Wildman–Crippen LogP) is 3.39. The first kappa shape index (κ1) is 12.6. The Labute approximate surface area is 97.7 Å². The SMILES string of the molecule is CCNC(C)CSc1ccc(C)c(C)c1. The number of hydrogen-bond acceptors (Lipinski definition) is 2. The van der Waals surface area contributed by atoms with Gasteiger partial charge >= 0.3 is 0 Å². The third-order valence-electron chi connectivity index (χ3n) is 2.53. The molecule has 2 heteroatoms. The molecule has 0 heterocycles. The molecule has 0 bridgehead atoms. The number of thioether (sulfide) groups is 1. The summed E-state index contributed by atoms with van der Waals surface area (Å²) in [4.78, 5) is 1.38. The quantitative estimate of drug-likeness (QED) is 0.768. The van der Waals surface area contributed by atoms with Crippen molar-refractivity contribution in [3.8, 4) is 0 Å². The predicted molar refractivity (Wildman–Crippen MR) is 69.8 cm³/mol. The van der Waals surface area contributed by atoms with Crippen LogP contribution < -0.4 is 5.32 Å². The Morgan fingerprint density at radius 2 is 2.00 bits per heavy atom. The van der Waals surface area contributed by atoms with Gasteiger partial charge in [0.1, 0.15) is 0 Å². The summed E-state index contributed by atoms with van der Waals surface area (Å²) in [5.74, 6) is 1.14. The lowest BCUT2D eigenvalue weighted by Crippen LogP contribution is -2.27. The maximum atomic E-state index is 3.42. The van der Waals surface area contributed by atoms with Crippen LogP contribution in [0.25, 0.3) is 0 Å². The van der Waals surface area contributed by atoms with Crippen LogP contribution in [0.3, 0.4) is 0 Å². The van der Waals surface area contributed by atoms with Gasteiger partial charge in [0.2, 0.25) is 0 Å². The highest BCUT2D eigenvalue weighted by Crippen LogP contribution is 2.21. The van der Waals surface area contributed by atoms with Crippen molar-refractivity contribution in [3.63, 3.8) is 0 Å². The second kappa shape index (κ2) is 6.19. The van der Waals surface area contributed by atoms with E-state index >= 15 is 0 Å². The molecule has 84 valence electrons. The van der Waals surface area contributed by atoms with Gasteiger partial charge in [-0.05, 0) is 50.6 Å². The average molecular weight is 223 g/mol. The zero-order valence-electron chi connectivity index (χ0n) is 10.1. The van der Waals surface area contributed by atoms with Crippen molar-refractivity contribution in [1.82, 2.24) is 5.32 Å². The highest BCUT2D eigenvalue weighted by Gasteiger charge is 2.02. The Morgan fingerprint density at radius 1 is 1.27 bits per heavy atom. The Bertz CT molecular complexity index is 309. The molecular formula is C13H21NS. The molecule has 0 aliphatic heterocycles. The van der Waals surface area contributed by atoms with Gasteiger partial charge in [0, 0.05) is 16.7 Å². The summed E-state index contributed by atoms with van der Waals surface area (Å²) < 4.78 is 0. The maximum Gasteiger partial charge on any atom is 0.0133 e. The summed E-state index contributed by atoms with van der Waals surface area (Å²) in [7, 11) is 0. The van der Waals surface area contributed by atoms with Gasteiger partial charge in [-0.2, -0.15) is 0 Å². The van der Waals surface area contributed by atoms with Crippen LogP contribution in [0, 0.1) is 13.8 Å². The lowest BCUT2D eigenvalue weighted by atomic mass is 10.1. The highest BCUT2D eigenvalue weighted by molar-refractivity contribution is 7.99. The van der Waals surface area contributed by atoms with Crippen LogP contribution in [0.2, 0.25) is 0 Å². The van der Waals surface area contributed by atoms with E-state index in [-0.39, 0.29) is 0 Å². The Kier molecular flexibility index (Phi) is 5.20. The van der Waals surface area contributed by atoms with Crippen LogP contribution in [-0.4, -0.2) is 18.3 Å². The van der Waals surface area contributed by atoms with Crippen molar-refractivity contribution in [2.45, 2.75) is 38.6 Å². The molecule has 1 aromatic carbocycles. The van der Waals surface area contributed by atoms with Crippen molar-refractivity contribution < 1.29 is 0 Å². The van der Waals surface area contributed by atoms with Gasteiger partial charge in [0.15, 0.2) is 0 Å². The summed E-state index contributed by atoms with van der Waals surface area (Å²) in [5, 5.41) is 3.42. The third-order valence-corrected chi connectivity index (χ3v) is 3.78. The molecule has 0 spiro atoms. The van der Waals surface area contributed by atoms with E-state index in [2.05, 4.69) is 51.2 Å². The van der Waals surface area contributed by atoms with Crippen molar-refractivity contribution >= 4 is 11.8 Å². The number of hydrogen-bond donors (Lipinski definition) is 1. The summed E-state index contributed by atoms with van der Waals surface area (Å²) >= 11 is 1.93. The number of aryl methyl sites for hydroxylation is 2.